The van der Waals surface area contributed by atoms with Crippen molar-refractivity contribution in [2.75, 3.05) is 26.4 Å². The number of esters is 2. The Balaban J connectivity index is 4.23. The second-order valence-corrected chi connectivity index (χ2v) is 16.0. The average Bonchev–Trinajstić information content (AvgIpc) is 3.20. The van der Waals surface area contributed by atoms with Crippen LogP contribution in [0.4, 0.5) is 0 Å². The van der Waals surface area contributed by atoms with Crippen LogP contribution in [0.15, 0.2) is 72.9 Å². The lowest BCUT2D eigenvalue weighted by atomic mass is 10.1. The molecule has 0 fully saturated rings. The van der Waals surface area contributed by atoms with E-state index in [0.29, 0.717) is 12.8 Å². The number of nitrogens with two attached hydrogens (primary N) is 1. The molecule has 0 radical (unpaired) electrons. The van der Waals surface area contributed by atoms with Crippen LogP contribution in [0.25, 0.3) is 0 Å². The fraction of sp³-hybridized carbons (Fsp3) is 0.702. The van der Waals surface area contributed by atoms with Crippen molar-refractivity contribution in [1.82, 2.24) is 0 Å². The molecule has 1 unspecified atom stereocenters. The number of unbranched alkanes of at least 4 members (excludes halogenated alkanes) is 16. The van der Waals surface area contributed by atoms with Gasteiger partial charge < -0.3 is 20.1 Å². The maximum Gasteiger partial charge on any atom is 0.472 e. The predicted octanol–water partition coefficient (Wildman–Crippen LogP) is 13.1. The second-order valence-electron chi connectivity index (χ2n) is 14.6. The van der Waals surface area contributed by atoms with E-state index in [2.05, 4.69) is 80.7 Å². The minimum atomic E-state index is -4.40. The number of rotatable bonds is 41. The van der Waals surface area contributed by atoms with Gasteiger partial charge in [-0.25, -0.2) is 4.57 Å². The molecule has 0 saturated carbocycles. The number of allylic oxidation sites excluding steroid dienone is 12. The number of carbonyl (C=O) groups excluding carboxylic acids is 2. The van der Waals surface area contributed by atoms with Crippen LogP contribution in [0.5, 0.6) is 0 Å². The Morgan fingerprint density at radius 1 is 0.526 bits per heavy atom. The van der Waals surface area contributed by atoms with Crippen LogP contribution in [0, 0.1) is 0 Å². The molecule has 0 bridgehead atoms. The van der Waals surface area contributed by atoms with Gasteiger partial charge in [0.2, 0.25) is 0 Å². The lowest BCUT2D eigenvalue weighted by Crippen LogP contribution is -2.29. The SMILES string of the molecule is CCCCC/C=C\C/C=C\C/C=C\C/C=C\CCCC(=O)O[C@H](COC(=O)CCCCCCCCCCC/C=C\C/C=C\CCCCC)COP(=O)(O)OCCN. The molecule has 0 aliphatic rings. The van der Waals surface area contributed by atoms with Crippen molar-refractivity contribution in [2.45, 2.75) is 187 Å². The van der Waals surface area contributed by atoms with Crippen molar-refractivity contribution >= 4 is 19.8 Å². The molecule has 10 heteroatoms. The molecule has 328 valence electrons. The van der Waals surface area contributed by atoms with Crippen molar-refractivity contribution in [1.29, 1.82) is 0 Å². The van der Waals surface area contributed by atoms with E-state index in [1.165, 1.54) is 83.5 Å². The number of ether oxygens (including phenoxy) is 2. The zero-order chi connectivity index (χ0) is 41.8. The molecule has 0 aromatic heterocycles. The Morgan fingerprint density at radius 3 is 1.40 bits per heavy atom. The first kappa shape index (κ1) is 54.5. The maximum atomic E-state index is 12.6. The number of hydrogen-bond acceptors (Lipinski definition) is 8. The maximum absolute atomic E-state index is 12.6. The van der Waals surface area contributed by atoms with Crippen molar-refractivity contribution in [3.8, 4) is 0 Å². The summed E-state index contributed by atoms with van der Waals surface area (Å²) in [4.78, 5) is 34.9. The van der Waals surface area contributed by atoms with Crippen molar-refractivity contribution in [3.05, 3.63) is 72.9 Å². The number of hydrogen-bond donors (Lipinski definition) is 2. The van der Waals surface area contributed by atoms with Gasteiger partial charge in [0.25, 0.3) is 0 Å². The number of phosphoric ester groups is 1. The Kier molecular flexibility index (Phi) is 41.1. The Bertz CT molecular complexity index is 1160. The summed E-state index contributed by atoms with van der Waals surface area (Å²) in [7, 11) is -4.40. The molecule has 0 aromatic rings. The molecule has 0 amide bonds. The molecule has 3 N–H and O–H groups in total. The molecule has 0 aromatic carbocycles. The number of carbonyl (C=O) groups is 2. The Labute approximate surface area is 348 Å². The lowest BCUT2D eigenvalue weighted by Gasteiger charge is -2.19. The molecule has 0 heterocycles. The summed E-state index contributed by atoms with van der Waals surface area (Å²) in [6.07, 6.45) is 52.2. The molecule has 0 saturated heterocycles. The largest absolute Gasteiger partial charge is 0.472 e. The highest BCUT2D eigenvalue weighted by Gasteiger charge is 2.25. The molecule has 0 spiro atoms. The van der Waals surface area contributed by atoms with Gasteiger partial charge in [-0.2, -0.15) is 0 Å². The van der Waals surface area contributed by atoms with Gasteiger partial charge >= 0.3 is 19.8 Å². The zero-order valence-electron chi connectivity index (χ0n) is 36.0. The molecule has 9 nitrogen and oxygen atoms in total. The summed E-state index contributed by atoms with van der Waals surface area (Å²) in [5.74, 6) is -0.903. The van der Waals surface area contributed by atoms with Gasteiger partial charge in [-0.3, -0.25) is 18.6 Å². The lowest BCUT2D eigenvalue weighted by molar-refractivity contribution is -0.161. The third kappa shape index (κ3) is 42.9. The van der Waals surface area contributed by atoms with Gasteiger partial charge in [0.1, 0.15) is 6.61 Å². The highest BCUT2D eigenvalue weighted by molar-refractivity contribution is 7.47. The fourth-order valence-electron chi connectivity index (χ4n) is 5.71. The third-order valence-electron chi connectivity index (χ3n) is 9.06. The van der Waals surface area contributed by atoms with Crippen molar-refractivity contribution in [2.24, 2.45) is 5.73 Å². The molecule has 2 atom stereocenters. The van der Waals surface area contributed by atoms with Gasteiger partial charge in [-0.1, -0.05) is 157 Å². The summed E-state index contributed by atoms with van der Waals surface area (Å²) in [6, 6.07) is 0. The first-order valence-corrected chi connectivity index (χ1v) is 23.9. The van der Waals surface area contributed by atoms with Gasteiger partial charge in [0.15, 0.2) is 6.10 Å². The summed E-state index contributed by atoms with van der Waals surface area (Å²) in [5, 5.41) is 0. The first-order valence-electron chi connectivity index (χ1n) is 22.4. The minimum absolute atomic E-state index is 0.0410. The molecule has 0 rings (SSSR count). The van der Waals surface area contributed by atoms with E-state index >= 15 is 0 Å². The normalized spacial score (nSPS) is 14.0. The predicted molar refractivity (Wildman–Crippen MR) is 238 cm³/mol. The van der Waals surface area contributed by atoms with Crippen molar-refractivity contribution in [3.63, 3.8) is 0 Å². The average molecular weight is 820 g/mol. The molecular weight excluding hydrogens is 737 g/mol. The quantitative estimate of drug-likeness (QED) is 0.0267. The van der Waals surface area contributed by atoms with Crippen LogP contribution in [0.1, 0.15) is 181 Å². The van der Waals surface area contributed by atoms with Crippen LogP contribution in [0.2, 0.25) is 0 Å². The molecular formula is C47H82NO8P. The van der Waals surface area contributed by atoms with Gasteiger partial charge in [0, 0.05) is 19.4 Å². The highest BCUT2D eigenvalue weighted by atomic mass is 31.2. The van der Waals surface area contributed by atoms with E-state index in [1.807, 2.05) is 6.08 Å². The molecule has 57 heavy (non-hydrogen) atoms. The monoisotopic (exact) mass is 820 g/mol. The standard InChI is InChI=1S/C47H82NO8P/c1-3-5-7-9-11-13-15-17-19-21-22-24-25-27-29-31-33-35-37-39-46(49)53-43-45(44-55-57(51,52)54-42-41-48)56-47(50)40-38-36-34-32-30-28-26-23-20-18-16-14-12-10-8-6-4-2/h11-14,17-20,26,28,32,34,45H,3-10,15-16,21-25,27,29-31,33,35-44,48H2,1-2H3,(H,51,52)/b13-11-,14-12-,19-17-,20-18-,28-26-,34-32-/t45-/m1/s1. The minimum Gasteiger partial charge on any atom is -0.462 e. The fourth-order valence-corrected chi connectivity index (χ4v) is 6.48. The Hall–Kier alpha value is -2.55. The zero-order valence-corrected chi connectivity index (χ0v) is 36.9. The van der Waals surface area contributed by atoms with Gasteiger partial charge in [-0.15, -0.1) is 0 Å². The van der Waals surface area contributed by atoms with E-state index in [1.54, 1.807) is 0 Å². The van der Waals surface area contributed by atoms with E-state index in [4.69, 9.17) is 24.3 Å². The summed E-state index contributed by atoms with van der Waals surface area (Å²) >= 11 is 0. The van der Waals surface area contributed by atoms with E-state index in [-0.39, 0.29) is 32.6 Å². The van der Waals surface area contributed by atoms with Gasteiger partial charge in [0.05, 0.1) is 13.2 Å². The Morgan fingerprint density at radius 2 is 0.930 bits per heavy atom. The summed E-state index contributed by atoms with van der Waals surface area (Å²) < 4.78 is 32.7. The van der Waals surface area contributed by atoms with Crippen LogP contribution in [-0.4, -0.2) is 49.3 Å². The van der Waals surface area contributed by atoms with E-state index in [0.717, 1.165) is 57.8 Å². The summed E-state index contributed by atoms with van der Waals surface area (Å²) in [6.45, 7) is 3.60. The second kappa shape index (κ2) is 43.0. The number of phosphoric acid groups is 1. The van der Waals surface area contributed by atoms with Crippen LogP contribution in [-0.2, 0) is 32.7 Å². The van der Waals surface area contributed by atoms with Gasteiger partial charge in [-0.05, 0) is 83.5 Å². The molecule has 0 aliphatic carbocycles. The molecule has 0 aliphatic heterocycles. The first-order chi connectivity index (χ1) is 27.8. The van der Waals surface area contributed by atoms with Crippen LogP contribution < -0.4 is 5.73 Å². The van der Waals surface area contributed by atoms with E-state index in [9.17, 15) is 19.0 Å². The van der Waals surface area contributed by atoms with E-state index < -0.39 is 32.5 Å². The topological polar surface area (TPSA) is 134 Å². The van der Waals surface area contributed by atoms with Crippen LogP contribution in [0.3, 0.4) is 0 Å². The third-order valence-corrected chi connectivity index (χ3v) is 10.0. The van der Waals surface area contributed by atoms with Crippen molar-refractivity contribution < 1.29 is 37.6 Å². The summed E-state index contributed by atoms with van der Waals surface area (Å²) in [5.41, 5.74) is 5.35. The highest BCUT2D eigenvalue weighted by Crippen LogP contribution is 2.43. The van der Waals surface area contributed by atoms with Crippen LogP contribution >= 0.6 is 7.82 Å². The smallest absolute Gasteiger partial charge is 0.462 e.